The highest BCUT2D eigenvalue weighted by Gasteiger charge is 2.15. The van der Waals surface area contributed by atoms with Gasteiger partial charge in [0.1, 0.15) is 5.76 Å². The fourth-order valence-electron chi connectivity index (χ4n) is 1.72. The fraction of sp³-hybridized carbons (Fsp3) is 0.333. The Morgan fingerprint density at radius 2 is 2.15 bits per heavy atom. The van der Waals surface area contributed by atoms with Crippen LogP contribution < -0.4 is 5.32 Å². The second-order valence-electron chi connectivity index (χ2n) is 4.69. The fourth-order valence-corrected chi connectivity index (χ4v) is 2.68. The maximum atomic E-state index is 12.0. The van der Waals surface area contributed by atoms with E-state index in [1.54, 1.807) is 24.8 Å². The van der Waals surface area contributed by atoms with Crippen LogP contribution in [0.4, 0.5) is 5.82 Å². The first-order valence-corrected chi connectivity index (χ1v) is 7.51. The number of hydrogen-bond donors (Lipinski definition) is 1. The Hall–Kier alpha value is -1.75. The van der Waals surface area contributed by atoms with E-state index in [0.717, 1.165) is 5.75 Å². The van der Waals surface area contributed by atoms with E-state index in [1.165, 1.54) is 11.1 Å². The van der Waals surface area contributed by atoms with Crippen LogP contribution in [-0.2, 0) is 10.5 Å². The molecule has 0 saturated heterocycles. The second-order valence-corrected chi connectivity index (χ2v) is 6.02. The predicted octanol–water partition coefficient (Wildman–Crippen LogP) is 3.55. The van der Waals surface area contributed by atoms with Crippen molar-refractivity contribution in [3.63, 3.8) is 0 Å². The average molecular weight is 290 g/mol. The molecule has 1 heterocycles. The van der Waals surface area contributed by atoms with Crippen LogP contribution in [0.25, 0.3) is 0 Å². The van der Waals surface area contributed by atoms with Crippen LogP contribution in [0.15, 0.2) is 34.9 Å². The Morgan fingerprint density at radius 3 is 2.80 bits per heavy atom. The van der Waals surface area contributed by atoms with Gasteiger partial charge < -0.3 is 9.84 Å². The summed E-state index contributed by atoms with van der Waals surface area (Å²) < 4.78 is 4.92. The molecule has 2 aromatic rings. The Labute approximate surface area is 122 Å². The monoisotopic (exact) mass is 290 g/mol. The van der Waals surface area contributed by atoms with Crippen molar-refractivity contribution in [1.29, 1.82) is 0 Å². The molecule has 4 nitrogen and oxygen atoms in total. The molecule has 1 N–H and O–H groups in total. The van der Waals surface area contributed by atoms with Gasteiger partial charge in [0.15, 0.2) is 5.82 Å². The van der Waals surface area contributed by atoms with Crippen LogP contribution >= 0.6 is 11.8 Å². The van der Waals surface area contributed by atoms with Gasteiger partial charge in [-0.3, -0.25) is 4.79 Å². The number of aryl methyl sites for hydroxylation is 2. The van der Waals surface area contributed by atoms with E-state index >= 15 is 0 Å². The van der Waals surface area contributed by atoms with Crippen LogP contribution in [0, 0.1) is 13.8 Å². The molecule has 1 amide bonds. The quantitative estimate of drug-likeness (QED) is 0.915. The molecular formula is C15H18N2O2S. The molecule has 0 aliphatic carbocycles. The van der Waals surface area contributed by atoms with Gasteiger partial charge in [0.05, 0.1) is 5.25 Å². The Morgan fingerprint density at radius 1 is 1.40 bits per heavy atom. The van der Waals surface area contributed by atoms with Crippen molar-refractivity contribution in [2.24, 2.45) is 0 Å². The summed E-state index contributed by atoms with van der Waals surface area (Å²) >= 11 is 1.61. The highest BCUT2D eigenvalue weighted by molar-refractivity contribution is 7.99. The number of anilines is 1. The summed E-state index contributed by atoms with van der Waals surface area (Å²) in [5, 5.41) is 6.36. The van der Waals surface area contributed by atoms with Crippen LogP contribution in [0.2, 0.25) is 0 Å². The third-order valence-electron chi connectivity index (χ3n) is 3.00. The SMILES string of the molecule is Cc1cc(NC(=O)C(C)SCc2ccccc2C)no1. The van der Waals surface area contributed by atoms with Gasteiger partial charge >= 0.3 is 0 Å². The molecule has 2 rings (SSSR count). The molecule has 1 aromatic heterocycles. The van der Waals surface area contributed by atoms with E-state index < -0.39 is 0 Å². The molecule has 1 unspecified atom stereocenters. The maximum absolute atomic E-state index is 12.0. The van der Waals surface area contributed by atoms with E-state index in [-0.39, 0.29) is 11.2 Å². The van der Waals surface area contributed by atoms with Crippen LogP contribution in [-0.4, -0.2) is 16.3 Å². The lowest BCUT2D eigenvalue weighted by Crippen LogP contribution is -2.22. The average Bonchev–Trinajstić information content (AvgIpc) is 2.82. The lowest BCUT2D eigenvalue weighted by atomic mass is 10.1. The standard InChI is InChI=1S/C15H18N2O2S/c1-10-6-4-5-7-13(10)9-20-12(3)15(18)16-14-8-11(2)19-17-14/h4-8,12H,9H2,1-3H3,(H,16,17,18). The van der Waals surface area contributed by atoms with Gasteiger partial charge in [-0.05, 0) is 31.9 Å². The van der Waals surface area contributed by atoms with Crippen molar-refractivity contribution >= 4 is 23.5 Å². The minimum absolute atomic E-state index is 0.0584. The van der Waals surface area contributed by atoms with Crippen LogP contribution in [0.5, 0.6) is 0 Å². The topological polar surface area (TPSA) is 55.1 Å². The van der Waals surface area contributed by atoms with Crippen LogP contribution in [0.3, 0.4) is 0 Å². The highest BCUT2D eigenvalue weighted by atomic mass is 32.2. The van der Waals surface area contributed by atoms with Gasteiger partial charge in [0.2, 0.25) is 5.91 Å². The third-order valence-corrected chi connectivity index (χ3v) is 4.19. The summed E-state index contributed by atoms with van der Waals surface area (Å²) in [6.45, 7) is 5.77. The number of hydrogen-bond acceptors (Lipinski definition) is 4. The van der Waals surface area contributed by atoms with Gasteiger partial charge in [0.25, 0.3) is 0 Å². The molecule has 0 aliphatic rings. The summed E-state index contributed by atoms with van der Waals surface area (Å²) in [5.41, 5.74) is 2.51. The molecule has 106 valence electrons. The van der Waals surface area contributed by atoms with E-state index in [1.807, 2.05) is 19.1 Å². The Balaban J connectivity index is 1.87. The van der Waals surface area contributed by atoms with Gasteiger partial charge in [-0.2, -0.15) is 0 Å². The van der Waals surface area contributed by atoms with Crippen molar-refractivity contribution in [2.45, 2.75) is 31.8 Å². The summed E-state index contributed by atoms with van der Waals surface area (Å²) in [5.74, 6) is 1.91. The number of amides is 1. The molecule has 1 atom stereocenters. The second kappa shape index (κ2) is 6.61. The predicted molar refractivity (Wildman–Crippen MR) is 81.8 cm³/mol. The van der Waals surface area contributed by atoms with Crippen molar-refractivity contribution < 1.29 is 9.32 Å². The third kappa shape index (κ3) is 3.87. The molecule has 0 fully saturated rings. The zero-order valence-corrected chi connectivity index (χ0v) is 12.7. The summed E-state index contributed by atoms with van der Waals surface area (Å²) in [6, 6.07) is 9.92. The van der Waals surface area contributed by atoms with Gasteiger partial charge in [0, 0.05) is 11.8 Å². The van der Waals surface area contributed by atoms with E-state index in [9.17, 15) is 4.79 Å². The van der Waals surface area contributed by atoms with Gasteiger partial charge in [-0.15, -0.1) is 11.8 Å². The van der Waals surface area contributed by atoms with Gasteiger partial charge in [-0.1, -0.05) is 29.4 Å². The lowest BCUT2D eigenvalue weighted by molar-refractivity contribution is -0.115. The summed E-state index contributed by atoms with van der Waals surface area (Å²) in [6.07, 6.45) is 0. The largest absolute Gasteiger partial charge is 0.360 e. The number of aromatic nitrogens is 1. The summed E-state index contributed by atoms with van der Waals surface area (Å²) in [4.78, 5) is 12.0. The minimum atomic E-state index is -0.147. The van der Waals surface area contributed by atoms with Gasteiger partial charge in [-0.25, -0.2) is 0 Å². The zero-order chi connectivity index (χ0) is 14.5. The first-order valence-electron chi connectivity index (χ1n) is 6.46. The van der Waals surface area contributed by atoms with Crippen molar-refractivity contribution in [2.75, 3.05) is 5.32 Å². The number of benzene rings is 1. The number of carbonyl (C=O) groups excluding carboxylic acids is 1. The molecular weight excluding hydrogens is 272 g/mol. The molecule has 0 radical (unpaired) electrons. The molecule has 0 saturated carbocycles. The molecule has 1 aromatic carbocycles. The molecule has 0 bridgehead atoms. The minimum Gasteiger partial charge on any atom is -0.360 e. The first kappa shape index (κ1) is 14.7. The molecule has 0 aliphatic heterocycles. The number of rotatable bonds is 5. The normalized spacial score (nSPS) is 12.2. The number of carbonyl (C=O) groups is 1. The highest BCUT2D eigenvalue weighted by Crippen LogP contribution is 2.21. The number of nitrogens with zero attached hydrogens (tertiary/aromatic N) is 1. The molecule has 20 heavy (non-hydrogen) atoms. The smallest absolute Gasteiger partial charge is 0.238 e. The molecule has 0 spiro atoms. The van der Waals surface area contributed by atoms with Crippen molar-refractivity contribution in [3.8, 4) is 0 Å². The zero-order valence-electron chi connectivity index (χ0n) is 11.8. The van der Waals surface area contributed by atoms with Crippen molar-refractivity contribution in [3.05, 3.63) is 47.2 Å². The number of thioether (sulfide) groups is 1. The van der Waals surface area contributed by atoms with E-state index in [0.29, 0.717) is 11.6 Å². The van der Waals surface area contributed by atoms with Crippen LogP contribution in [0.1, 0.15) is 23.8 Å². The number of nitrogens with one attached hydrogen (secondary N) is 1. The first-order chi connectivity index (χ1) is 9.56. The van der Waals surface area contributed by atoms with E-state index in [2.05, 4.69) is 29.5 Å². The summed E-state index contributed by atoms with van der Waals surface area (Å²) in [7, 11) is 0. The Kier molecular flexibility index (Phi) is 4.84. The Bertz CT molecular complexity index is 595. The van der Waals surface area contributed by atoms with Crippen molar-refractivity contribution in [1.82, 2.24) is 5.16 Å². The van der Waals surface area contributed by atoms with E-state index in [4.69, 9.17) is 4.52 Å². The molecule has 5 heteroatoms. The lowest BCUT2D eigenvalue weighted by Gasteiger charge is -2.11. The maximum Gasteiger partial charge on any atom is 0.238 e.